The van der Waals surface area contributed by atoms with Crippen LogP contribution in [0.3, 0.4) is 0 Å². The van der Waals surface area contributed by atoms with E-state index in [9.17, 15) is 14.9 Å². The Morgan fingerprint density at radius 3 is 2.68 bits per heavy atom. The lowest BCUT2D eigenvalue weighted by atomic mass is 10.1. The van der Waals surface area contributed by atoms with Crippen LogP contribution in [0.25, 0.3) is 0 Å². The SMILES string of the molecule is CCn1ncc(C(C)NC(=O)c2cccc(COc3ccc([N+](=O)[O-])c(C)c3)c2)c1C. The van der Waals surface area contributed by atoms with E-state index in [1.165, 1.54) is 6.07 Å². The van der Waals surface area contributed by atoms with Crippen molar-refractivity contribution in [1.29, 1.82) is 0 Å². The molecular formula is C23H26N4O4. The third-order valence-corrected chi connectivity index (χ3v) is 5.21. The van der Waals surface area contributed by atoms with Crippen molar-refractivity contribution in [2.45, 2.75) is 46.9 Å². The predicted octanol–water partition coefficient (Wildman–Crippen LogP) is 4.50. The van der Waals surface area contributed by atoms with E-state index >= 15 is 0 Å². The second-order valence-electron chi connectivity index (χ2n) is 7.39. The first kappa shape index (κ1) is 22.0. The Balaban J connectivity index is 1.65. The summed E-state index contributed by atoms with van der Waals surface area (Å²) in [5, 5.41) is 18.3. The van der Waals surface area contributed by atoms with Gasteiger partial charge in [-0.15, -0.1) is 0 Å². The van der Waals surface area contributed by atoms with Crippen LogP contribution in [0.4, 0.5) is 5.69 Å². The summed E-state index contributed by atoms with van der Waals surface area (Å²) in [6, 6.07) is 11.7. The van der Waals surface area contributed by atoms with Crippen molar-refractivity contribution in [3.63, 3.8) is 0 Å². The zero-order valence-electron chi connectivity index (χ0n) is 18.1. The summed E-state index contributed by atoms with van der Waals surface area (Å²) < 4.78 is 7.66. The smallest absolute Gasteiger partial charge is 0.272 e. The molecule has 0 spiro atoms. The van der Waals surface area contributed by atoms with Gasteiger partial charge in [0.05, 0.1) is 17.2 Å². The molecule has 0 aliphatic rings. The summed E-state index contributed by atoms with van der Waals surface area (Å²) in [7, 11) is 0. The number of hydrogen-bond acceptors (Lipinski definition) is 5. The number of nitrogens with zero attached hydrogens (tertiary/aromatic N) is 3. The fraction of sp³-hybridized carbons (Fsp3) is 0.304. The maximum absolute atomic E-state index is 12.7. The molecule has 3 rings (SSSR count). The van der Waals surface area contributed by atoms with Gasteiger partial charge in [-0.05, 0) is 57.5 Å². The number of nitro groups is 1. The third kappa shape index (κ3) is 5.09. The highest BCUT2D eigenvalue weighted by atomic mass is 16.6. The fourth-order valence-corrected chi connectivity index (χ4v) is 3.45. The van der Waals surface area contributed by atoms with Gasteiger partial charge in [0.2, 0.25) is 0 Å². The number of nitro benzene ring substituents is 1. The van der Waals surface area contributed by atoms with E-state index in [0.29, 0.717) is 16.9 Å². The van der Waals surface area contributed by atoms with Crippen molar-refractivity contribution >= 4 is 11.6 Å². The highest BCUT2D eigenvalue weighted by molar-refractivity contribution is 5.94. The molecule has 0 radical (unpaired) electrons. The van der Waals surface area contributed by atoms with Gasteiger partial charge in [0, 0.05) is 35.0 Å². The summed E-state index contributed by atoms with van der Waals surface area (Å²) in [6.07, 6.45) is 1.79. The van der Waals surface area contributed by atoms with Crippen LogP contribution >= 0.6 is 0 Å². The summed E-state index contributed by atoms with van der Waals surface area (Å²) >= 11 is 0. The molecule has 31 heavy (non-hydrogen) atoms. The lowest BCUT2D eigenvalue weighted by Gasteiger charge is -2.15. The van der Waals surface area contributed by atoms with Gasteiger partial charge in [-0.25, -0.2) is 0 Å². The first-order valence-electron chi connectivity index (χ1n) is 10.1. The van der Waals surface area contributed by atoms with Gasteiger partial charge < -0.3 is 10.1 Å². The van der Waals surface area contributed by atoms with Crippen LogP contribution in [-0.4, -0.2) is 20.6 Å². The zero-order valence-corrected chi connectivity index (χ0v) is 18.1. The predicted molar refractivity (Wildman–Crippen MR) is 117 cm³/mol. The molecule has 8 heteroatoms. The highest BCUT2D eigenvalue weighted by Gasteiger charge is 2.16. The second kappa shape index (κ2) is 9.42. The second-order valence-corrected chi connectivity index (χ2v) is 7.39. The maximum Gasteiger partial charge on any atom is 0.272 e. The fourth-order valence-electron chi connectivity index (χ4n) is 3.45. The molecule has 0 aliphatic heterocycles. The van der Waals surface area contributed by atoms with Crippen molar-refractivity contribution in [3.8, 4) is 5.75 Å². The number of benzene rings is 2. The Bertz CT molecular complexity index is 1110. The Morgan fingerprint density at radius 2 is 2.03 bits per heavy atom. The van der Waals surface area contributed by atoms with Gasteiger partial charge in [-0.3, -0.25) is 19.6 Å². The van der Waals surface area contributed by atoms with E-state index < -0.39 is 4.92 Å². The lowest BCUT2D eigenvalue weighted by molar-refractivity contribution is -0.385. The van der Waals surface area contributed by atoms with E-state index in [1.807, 2.05) is 31.5 Å². The topological polar surface area (TPSA) is 99.3 Å². The summed E-state index contributed by atoms with van der Waals surface area (Å²) in [4.78, 5) is 23.3. The first-order chi connectivity index (χ1) is 14.8. The highest BCUT2D eigenvalue weighted by Crippen LogP contribution is 2.24. The van der Waals surface area contributed by atoms with E-state index in [1.54, 1.807) is 43.5 Å². The standard InChI is InChI=1S/C23H26N4O4/c1-5-26-17(4)21(13-24-26)16(3)25-23(28)19-8-6-7-18(12-19)14-31-20-9-10-22(27(29)30)15(2)11-20/h6-13,16H,5,14H2,1-4H3,(H,25,28). The number of carbonyl (C=O) groups is 1. The minimum atomic E-state index is -0.420. The summed E-state index contributed by atoms with van der Waals surface area (Å²) in [5.41, 5.74) is 3.98. The molecule has 2 aromatic carbocycles. The molecule has 3 aromatic rings. The Morgan fingerprint density at radius 1 is 1.26 bits per heavy atom. The lowest BCUT2D eigenvalue weighted by Crippen LogP contribution is -2.27. The molecule has 8 nitrogen and oxygen atoms in total. The average molecular weight is 422 g/mol. The molecule has 1 unspecified atom stereocenters. The van der Waals surface area contributed by atoms with Crippen LogP contribution in [0.5, 0.6) is 5.75 Å². The third-order valence-electron chi connectivity index (χ3n) is 5.21. The van der Waals surface area contributed by atoms with Crippen molar-refractivity contribution in [1.82, 2.24) is 15.1 Å². The average Bonchev–Trinajstić information content (AvgIpc) is 3.12. The van der Waals surface area contributed by atoms with Crippen LogP contribution in [-0.2, 0) is 13.2 Å². The molecule has 0 fully saturated rings. The molecule has 0 saturated carbocycles. The van der Waals surface area contributed by atoms with E-state index in [0.717, 1.165) is 23.4 Å². The number of carbonyl (C=O) groups excluding carboxylic acids is 1. The molecule has 1 N–H and O–H groups in total. The molecule has 1 amide bonds. The van der Waals surface area contributed by atoms with Gasteiger partial charge >= 0.3 is 0 Å². The van der Waals surface area contributed by atoms with Crippen molar-refractivity contribution in [2.24, 2.45) is 0 Å². The van der Waals surface area contributed by atoms with Crippen molar-refractivity contribution in [2.75, 3.05) is 0 Å². The number of nitrogens with one attached hydrogen (secondary N) is 1. The van der Waals surface area contributed by atoms with Crippen molar-refractivity contribution in [3.05, 3.63) is 86.7 Å². The molecule has 0 bridgehead atoms. The molecule has 0 aliphatic carbocycles. The van der Waals surface area contributed by atoms with Gasteiger partial charge in [-0.1, -0.05) is 12.1 Å². The summed E-state index contributed by atoms with van der Waals surface area (Å²) in [5.74, 6) is 0.360. The van der Waals surface area contributed by atoms with Gasteiger partial charge in [-0.2, -0.15) is 5.10 Å². The molecule has 1 atom stereocenters. The number of ether oxygens (including phenoxy) is 1. The maximum atomic E-state index is 12.7. The van der Waals surface area contributed by atoms with Gasteiger partial charge in [0.1, 0.15) is 12.4 Å². The van der Waals surface area contributed by atoms with Crippen LogP contribution in [0.1, 0.15) is 52.6 Å². The normalized spacial score (nSPS) is 11.7. The quantitative estimate of drug-likeness (QED) is 0.426. The van der Waals surface area contributed by atoms with E-state index in [-0.39, 0.29) is 24.2 Å². The van der Waals surface area contributed by atoms with Crippen LogP contribution in [0.15, 0.2) is 48.7 Å². The molecule has 1 heterocycles. The van der Waals surface area contributed by atoms with E-state index in [2.05, 4.69) is 10.4 Å². The minimum Gasteiger partial charge on any atom is -0.489 e. The van der Waals surface area contributed by atoms with Crippen LogP contribution < -0.4 is 10.1 Å². The monoisotopic (exact) mass is 422 g/mol. The Labute approximate surface area is 181 Å². The first-order valence-corrected chi connectivity index (χ1v) is 10.1. The number of aromatic nitrogens is 2. The largest absolute Gasteiger partial charge is 0.489 e. The Hall–Kier alpha value is -3.68. The van der Waals surface area contributed by atoms with Crippen molar-refractivity contribution < 1.29 is 14.5 Å². The number of hydrogen-bond donors (Lipinski definition) is 1. The number of amides is 1. The Kier molecular flexibility index (Phi) is 6.69. The molecular weight excluding hydrogens is 396 g/mol. The zero-order chi connectivity index (χ0) is 22.5. The molecule has 162 valence electrons. The molecule has 1 aromatic heterocycles. The number of aryl methyl sites for hydroxylation is 2. The van der Waals surface area contributed by atoms with E-state index in [4.69, 9.17) is 4.74 Å². The van der Waals surface area contributed by atoms with Crippen LogP contribution in [0, 0.1) is 24.0 Å². The van der Waals surface area contributed by atoms with Gasteiger partial charge in [0.25, 0.3) is 11.6 Å². The van der Waals surface area contributed by atoms with Gasteiger partial charge in [0.15, 0.2) is 0 Å². The number of rotatable bonds is 8. The summed E-state index contributed by atoms with van der Waals surface area (Å²) in [6.45, 7) is 8.65. The minimum absolute atomic E-state index is 0.0554. The van der Waals surface area contributed by atoms with Crippen LogP contribution in [0.2, 0.25) is 0 Å². The molecule has 0 saturated heterocycles.